The van der Waals surface area contributed by atoms with Crippen LogP contribution in [0.15, 0.2) is 35.8 Å². The van der Waals surface area contributed by atoms with Crippen LogP contribution in [-0.2, 0) is 0 Å². The summed E-state index contributed by atoms with van der Waals surface area (Å²) >= 11 is 1.35. The van der Waals surface area contributed by atoms with E-state index in [4.69, 9.17) is 0 Å². The standard InChI is InChI=1S/C15H11N3OS/c1-9-8-20-15(18-9)12(7-16)14(19)11-4-2-3-10-5-6-17-13(10)11/h2-6,8,12,17H,1H3/t12-/m1/s1. The van der Waals surface area contributed by atoms with Gasteiger partial charge in [-0.1, -0.05) is 12.1 Å². The Bertz CT molecular complexity index is 825. The number of nitriles is 1. The molecule has 1 aromatic carbocycles. The predicted molar refractivity (Wildman–Crippen MR) is 77.8 cm³/mol. The minimum Gasteiger partial charge on any atom is -0.361 e. The Labute approximate surface area is 119 Å². The molecule has 2 aromatic heterocycles. The molecule has 20 heavy (non-hydrogen) atoms. The summed E-state index contributed by atoms with van der Waals surface area (Å²) in [4.78, 5) is 19.9. The Morgan fingerprint density at radius 3 is 3.00 bits per heavy atom. The lowest BCUT2D eigenvalue weighted by Gasteiger charge is -2.06. The zero-order valence-corrected chi connectivity index (χ0v) is 11.6. The number of nitrogens with zero attached hydrogens (tertiary/aromatic N) is 2. The van der Waals surface area contributed by atoms with E-state index in [2.05, 4.69) is 16.0 Å². The van der Waals surface area contributed by atoms with Crippen molar-refractivity contribution >= 4 is 28.0 Å². The highest BCUT2D eigenvalue weighted by molar-refractivity contribution is 7.10. The highest BCUT2D eigenvalue weighted by atomic mass is 32.1. The summed E-state index contributed by atoms with van der Waals surface area (Å²) in [6, 6.07) is 9.47. The van der Waals surface area contributed by atoms with Crippen molar-refractivity contribution in [2.45, 2.75) is 12.8 Å². The van der Waals surface area contributed by atoms with E-state index in [0.29, 0.717) is 10.6 Å². The van der Waals surface area contributed by atoms with Crippen LogP contribution in [0, 0.1) is 18.3 Å². The third kappa shape index (κ3) is 2.00. The molecule has 1 N–H and O–H groups in total. The Morgan fingerprint density at radius 2 is 2.30 bits per heavy atom. The van der Waals surface area contributed by atoms with E-state index in [1.807, 2.05) is 30.5 Å². The summed E-state index contributed by atoms with van der Waals surface area (Å²) < 4.78 is 0. The van der Waals surface area contributed by atoms with Crippen molar-refractivity contribution in [2.24, 2.45) is 0 Å². The molecule has 1 atom stereocenters. The van der Waals surface area contributed by atoms with Crippen molar-refractivity contribution < 1.29 is 4.79 Å². The number of thiazole rings is 1. The molecule has 3 rings (SSSR count). The molecule has 0 spiro atoms. The summed E-state index contributed by atoms with van der Waals surface area (Å²) in [6.07, 6.45) is 1.79. The summed E-state index contributed by atoms with van der Waals surface area (Å²) in [5, 5.41) is 12.7. The molecule has 98 valence electrons. The number of para-hydroxylation sites is 1. The first-order chi connectivity index (χ1) is 9.70. The number of benzene rings is 1. The van der Waals surface area contributed by atoms with Gasteiger partial charge in [0.1, 0.15) is 5.01 Å². The molecule has 4 nitrogen and oxygen atoms in total. The van der Waals surface area contributed by atoms with Crippen molar-refractivity contribution in [3.63, 3.8) is 0 Å². The molecular weight excluding hydrogens is 270 g/mol. The number of hydrogen-bond donors (Lipinski definition) is 1. The number of ketones is 1. The average Bonchev–Trinajstić information content (AvgIpc) is 3.07. The van der Waals surface area contributed by atoms with E-state index in [0.717, 1.165) is 16.6 Å². The lowest BCUT2D eigenvalue weighted by molar-refractivity contribution is 0.0980. The van der Waals surface area contributed by atoms with E-state index < -0.39 is 5.92 Å². The molecule has 0 bridgehead atoms. The molecule has 0 fully saturated rings. The van der Waals surface area contributed by atoms with E-state index in [1.54, 1.807) is 12.3 Å². The van der Waals surface area contributed by atoms with Gasteiger partial charge in [0.25, 0.3) is 0 Å². The lowest BCUT2D eigenvalue weighted by Crippen LogP contribution is -2.11. The highest BCUT2D eigenvalue weighted by Crippen LogP contribution is 2.27. The molecule has 0 amide bonds. The van der Waals surface area contributed by atoms with Gasteiger partial charge in [-0.05, 0) is 19.1 Å². The van der Waals surface area contributed by atoms with Crippen molar-refractivity contribution in [3.8, 4) is 6.07 Å². The molecule has 5 heteroatoms. The maximum atomic E-state index is 12.6. The zero-order valence-electron chi connectivity index (χ0n) is 10.8. The van der Waals surface area contributed by atoms with Gasteiger partial charge in [0.15, 0.2) is 11.7 Å². The first-order valence-corrected chi connectivity index (χ1v) is 7.00. The van der Waals surface area contributed by atoms with Crippen LogP contribution in [0.5, 0.6) is 0 Å². The first kappa shape index (κ1) is 12.6. The maximum Gasteiger partial charge on any atom is 0.189 e. The van der Waals surface area contributed by atoms with Gasteiger partial charge in [-0.15, -0.1) is 11.3 Å². The number of carbonyl (C=O) groups excluding carboxylic acids is 1. The van der Waals surface area contributed by atoms with Crippen molar-refractivity contribution in [1.29, 1.82) is 5.26 Å². The summed E-state index contributed by atoms with van der Waals surface area (Å²) in [5.74, 6) is -1.06. The Balaban J connectivity index is 2.07. The van der Waals surface area contributed by atoms with Gasteiger partial charge in [0.05, 0.1) is 11.6 Å². The second-order valence-electron chi connectivity index (χ2n) is 4.50. The number of H-pyrrole nitrogens is 1. The molecular formula is C15H11N3OS. The quantitative estimate of drug-likeness (QED) is 0.748. The predicted octanol–water partition coefficient (Wildman–Crippen LogP) is 3.42. The molecule has 0 aliphatic heterocycles. The fourth-order valence-corrected chi connectivity index (χ4v) is 3.01. The number of hydrogen-bond acceptors (Lipinski definition) is 4. The third-order valence-corrected chi connectivity index (χ3v) is 4.16. The molecule has 2 heterocycles. The van der Waals surface area contributed by atoms with Crippen LogP contribution in [-0.4, -0.2) is 15.8 Å². The van der Waals surface area contributed by atoms with Gasteiger partial charge in [-0.3, -0.25) is 4.79 Å². The summed E-state index contributed by atoms with van der Waals surface area (Å²) in [6.45, 7) is 1.85. The Morgan fingerprint density at radius 1 is 1.45 bits per heavy atom. The number of aromatic nitrogens is 2. The minimum absolute atomic E-state index is 0.213. The number of rotatable bonds is 3. The normalized spacial score (nSPS) is 12.2. The zero-order chi connectivity index (χ0) is 14.1. The van der Waals surface area contributed by atoms with E-state index >= 15 is 0 Å². The van der Waals surface area contributed by atoms with Gasteiger partial charge in [-0.2, -0.15) is 5.26 Å². The van der Waals surface area contributed by atoms with Crippen LogP contribution in [0.4, 0.5) is 0 Å². The number of aromatic amines is 1. The van der Waals surface area contributed by atoms with Crippen molar-refractivity contribution in [2.75, 3.05) is 0 Å². The Kier molecular flexibility index (Phi) is 3.09. The largest absolute Gasteiger partial charge is 0.361 e. The fourth-order valence-electron chi connectivity index (χ4n) is 2.18. The van der Waals surface area contributed by atoms with Crippen LogP contribution in [0.3, 0.4) is 0 Å². The smallest absolute Gasteiger partial charge is 0.189 e. The average molecular weight is 281 g/mol. The van der Waals surface area contributed by atoms with Crippen molar-refractivity contribution in [1.82, 2.24) is 9.97 Å². The van der Waals surface area contributed by atoms with Crippen LogP contribution < -0.4 is 0 Å². The van der Waals surface area contributed by atoms with Crippen molar-refractivity contribution in [3.05, 3.63) is 52.1 Å². The third-order valence-electron chi connectivity index (χ3n) is 3.13. The van der Waals surface area contributed by atoms with Crippen LogP contribution in [0.2, 0.25) is 0 Å². The SMILES string of the molecule is Cc1csc([C@H](C#N)C(=O)c2cccc3cc[nH]c23)n1. The second-order valence-corrected chi connectivity index (χ2v) is 5.39. The monoisotopic (exact) mass is 281 g/mol. The first-order valence-electron chi connectivity index (χ1n) is 6.12. The highest BCUT2D eigenvalue weighted by Gasteiger charge is 2.26. The van der Waals surface area contributed by atoms with Crippen LogP contribution in [0.1, 0.15) is 27.0 Å². The van der Waals surface area contributed by atoms with E-state index in [-0.39, 0.29) is 5.78 Å². The minimum atomic E-state index is -0.845. The summed E-state index contributed by atoms with van der Waals surface area (Å²) in [5.41, 5.74) is 2.13. The molecule has 3 aromatic rings. The maximum absolute atomic E-state index is 12.6. The molecule has 0 aliphatic rings. The molecule has 0 aliphatic carbocycles. The second kappa shape index (κ2) is 4.91. The summed E-state index contributed by atoms with van der Waals surface area (Å²) in [7, 11) is 0. The molecule has 0 saturated carbocycles. The van der Waals surface area contributed by atoms with Gasteiger partial charge >= 0.3 is 0 Å². The number of aryl methyl sites for hydroxylation is 1. The van der Waals surface area contributed by atoms with Gasteiger partial charge in [-0.25, -0.2) is 4.98 Å². The fraction of sp³-hybridized carbons (Fsp3) is 0.133. The van der Waals surface area contributed by atoms with E-state index in [1.165, 1.54) is 11.3 Å². The molecule has 0 radical (unpaired) electrons. The number of carbonyl (C=O) groups is 1. The van der Waals surface area contributed by atoms with Gasteiger partial charge < -0.3 is 4.98 Å². The van der Waals surface area contributed by atoms with Crippen LogP contribution >= 0.6 is 11.3 Å². The molecule has 0 unspecified atom stereocenters. The number of nitrogens with one attached hydrogen (secondary N) is 1. The van der Waals surface area contributed by atoms with Gasteiger partial charge in [0, 0.05) is 28.2 Å². The number of Topliss-reactive ketones (excluding diaryl/α,β-unsaturated/α-hetero) is 1. The Hall–Kier alpha value is -2.45. The van der Waals surface area contributed by atoms with Crippen LogP contribution in [0.25, 0.3) is 10.9 Å². The topological polar surface area (TPSA) is 69.5 Å². The number of fused-ring (bicyclic) bond motifs is 1. The lowest BCUT2D eigenvalue weighted by atomic mass is 9.98. The molecule has 0 saturated heterocycles. The van der Waals surface area contributed by atoms with Gasteiger partial charge in [0.2, 0.25) is 0 Å². The van der Waals surface area contributed by atoms with E-state index in [9.17, 15) is 10.1 Å².